The van der Waals surface area contributed by atoms with Crippen LogP contribution in [0.15, 0.2) is 35.0 Å². The van der Waals surface area contributed by atoms with Gasteiger partial charge in [0.25, 0.3) is 0 Å². The second-order valence-corrected chi connectivity index (χ2v) is 5.80. The minimum Gasteiger partial charge on any atom is -0.494 e. The van der Waals surface area contributed by atoms with Crippen LogP contribution in [0, 0.1) is 5.82 Å². The van der Waals surface area contributed by atoms with Gasteiger partial charge in [-0.15, -0.1) is 0 Å². The molecule has 0 saturated carbocycles. The molecular formula is C16H20FNOS. The van der Waals surface area contributed by atoms with Gasteiger partial charge in [-0.05, 0) is 60.4 Å². The molecule has 2 nitrogen and oxygen atoms in total. The predicted molar refractivity (Wildman–Crippen MR) is 82.0 cm³/mol. The first-order valence-electron chi connectivity index (χ1n) is 6.70. The van der Waals surface area contributed by atoms with E-state index in [2.05, 4.69) is 29.1 Å². The minimum absolute atomic E-state index is 0.101. The van der Waals surface area contributed by atoms with Crippen molar-refractivity contribution in [3.05, 3.63) is 52.0 Å². The third kappa shape index (κ3) is 3.81. The van der Waals surface area contributed by atoms with Gasteiger partial charge in [0.2, 0.25) is 0 Å². The maximum Gasteiger partial charge on any atom is 0.165 e. The predicted octanol–water partition coefficient (Wildman–Crippen LogP) is 4.18. The number of methoxy groups -OCH3 is 1. The highest BCUT2D eigenvalue weighted by Crippen LogP contribution is 2.22. The van der Waals surface area contributed by atoms with E-state index < -0.39 is 0 Å². The van der Waals surface area contributed by atoms with Gasteiger partial charge in [-0.2, -0.15) is 11.3 Å². The first kappa shape index (κ1) is 15.0. The lowest BCUT2D eigenvalue weighted by Crippen LogP contribution is -2.30. The lowest BCUT2D eigenvalue weighted by molar-refractivity contribution is 0.385. The highest BCUT2D eigenvalue weighted by molar-refractivity contribution is 7.07. The number of benzene rings is 1. The highest BCUT2D eigenvalue weighted by atomic mass is 32.1. The molecule has 0 bridgehead atoms. The van der Waals surface area contributed by atoms with E-state index in [-0.39, 0.29) is 17.6 Å². The van der Waals surface area contributed by atoms with Gasteiger partial charge < -0.3 is 10.1 Å². The average molecular weight is 293 g/mol. The molecule has 1 N–H and O–H groups in total. The molecule has 0 spiro atoms. The van der Waals surface area contributed by atoms with Crippen LogP contribution in [-0.2, 0) is 6.42 Å². The fraction of sp³-hybridized carbons (Fsp3) is 0.375. The Hall–Kier alpha value is -1.39. The number of hydrogen-bond donors (Lipinski definition) is 1. The van der Waals surface area contributed by atoms with Crippen LogP contribution >= 0.6 is 11.3 Å². The van der Waals surface area contributed by atoms with E-state index in [1.165, 1.54) is 18.7 Å². The van der Waals surface area contributed by atoms with Crippen molar-refractivity contribution in [1.29, 1.82) is 0 Å². The Labute approximate surface area is 123 Å². The third-order valence-corrected chi connectivity index (χ3v) is 4.06. The summed E-state index contributed by atoms with van der Waals surface area (Å²) in [7, 11) is 1.47. The van der Waals surface area contributed by atoms with Crippen molar-refractivity contribution in [2.45, 2.75) is 32.4 Å². The molecule has 1 aromatic carbocycles. The molecule has 0 aliphatic rings. The molecule has 108 valence electrons. The Morgan fingerprint density at radius 1 is 1.30 bits per heavy atom. The fourth-order valence-corrected chi connectivity index (χ4v) is 2.98. The molecule has 4 heteroatoms. The molecular weight excluding hydrogens is 273 g/mol. The molecule has 2 atom stereocenters. The number of ether oxygens (including phenoxy) is 1. The minimum atomic E-state index is -0.316. The van der Waals surface area contributed by atoms with Crippen molar-refractivity contribution in [3.63, 3.8) is 0 Å². The first-order chi connectivity index (χ1) is 9.60. The zero-order chi connectivity index (χ0) is 14.5. The zero-order valence-electron chi connectivity index (χ0n) is 12.0. The van der Waals surface area contributed by atoms with Crippen LogP contribution in [0.1, 0.15) is 31.0 Å². The van der Waals surface area contributed by atoms with E-state index in [1.807, 2.05) is 13.0 Å². The van der Waals surface area contributed by atoms with E-state index in [9.17, 15) is 4.39 Å². The Balaban J connectivity index is 1.97. The molecule has 1 aromatic heterocycles. The van der Waals surface area contributed by atoms with Crippen LogP contribution in [0.3, 0.4) is 0 Å². The zero-order valence-corrected chi connectivity index (χ0v) is 12.8. The first-order valence-corrected chi connectivity index (χ1v) is 7.65. The molecule has 0 amide bonds. The number of rotatable bonds is 6. The van der Waals surface area contributed by atoms with Crippen molar-refractivity contribution in [3.8, 4) is 5.75 Å². The van der Waals surface area contributed by atoms with Crippen molar-refractivity contribution < 1.29 is 9.13 Å². The van der Waals surface area contributed by atoms with Gasteiger partial charge in [0.05, 0.1) is 7.11 Å². The summed E-state index contributed by atoms with van der Waals surface area (Å²) >= 11 is 1.71. The van der Waals surface area contributed by atoms with Gasteiger partial charge in [-0.1, -0.05) is 6.07 Å². The quantitative estimate of drug-likeness (QED) is 0.862. The molecule has 2 rings (SSSR count). The lowest BCUT2D eigenvalue weighted by Gasteiger charge is -2.20. The van der Waals surface area contributed by atoms with Crippen LogP contribution < -0.4 is 10.1 Å². The molecule has 2 unspecified atom stereocenters. The Morgan fingerprint density at radius 3 is 2.70 bits per heavy atom. The maximum absolute atomic E-state index is 13.7. The number of hydrogen-bond acceptors (Lipinski definition) is 3. The summed E-state index contributed by atoms with van der Waals surface area (Å²) in [4.78, 5) is 0. The number of halogens is 1. The normalized spacial score (nSPS) is 14.0. The van der Waals surface area contributed by atoms with Gasteiger partial charge in [0, 0.05) is 12.1 Å². The van der Waals surface area contributed by atoms with E-state index in [1.54, 1.807) is 17.4 Å². The molecule has 0 aliphatic carbocycles. The third-order valence-electron chi connectivity index (χ3n) is 3.33. The van der Waals surface area contributed by atoms with Crippen LogP contribution in [0.25, 0.3) is 0 Å². The number of thiophene rings is 1. The second kappa shape index (κ2) is 6.86. The summed E-state index contributed by atoms with van der Waals surface area (Å²) in [6.45, 7) is 4.19. The van der Waals surface area contributed by atoms with Gasteiger partial charge >= 0.3 is 0 Å². The van der Waals surface area contributed by atoms with Crippen molar-refractivity contribution in [2.24, 2.45) is 0 Å². The maximum atomic E-state index is 13.7. The largest absolute Gasteiger partial charge is 0.494 e. The van der Waals surface area contributed by atoms with Crippen molar-refractivity contribution in [1.82, 2.24) is 5.32 Å². The Bertz CT molecular complexity index is 541. The molecule has 2 aromatic rings. The van der Waals surface area contributed by atoms with E-state index >= 15 is 0 Å². The SMILES string of the molecule is COc1ccc(C(C)NC(C)Cc2ccsc2)cc1F. The average Bonchev–Trinajstić information content (AvgIpc) is 2.91. The standard InChI is InChI=1S/C16H20FNOS/c1-11(8-13-6-7-20-10-13)18-12(2)14-4-5-16(19-3)15(17)9-14/h4-7,9-12,18H,8H2,1-3H3. The summed E-state index contributed by atoms with van der Waals surface area (Å²) in [5.74, 6) is -0.0311. The molecule has 1 heterocycles. The molecule has 0 aliphatic heterocycles. The van der Waals surface area contributed by atoms with Crippen LogP contribution in [-0.4, -0.2) is 13.2 Å². The molecule has 0 radical (unpaired) electrons. The molecule has 20 heavy (non-hydrogen) atoms. The van der Waals surface area contributed by atoms with Crippen molar-refractivity contribution >= 4 is 11.3 Å². The van der Waals surface area contributed by atoms with E-state index in [4.69, 9.17) is 4.74 Å². The second-order valence-electron chi connectivity index (χ2n) is 5.02. The van der Waals surface area contributed by atoms with Gasteiger partial charge in [0.15, 0.2) is 11.6 Å². The summed E-state index contributed by atoms with van der Waals surface area (Å²) in [5.41, 5.74) is 2.27. The number of nitrogens with one attached hydrogen (secondary N) is 1. The lowest BCUT2D eigenvalue weighted by atomic mass is 10.0. The van der Waals surface area contributed by atoms with Gasteiger partial charge in [0.1, 0.15) is 0 Å². The van der Waals surface area contributed by atoms with Gasteiger partial charge in [-0.25, -0.2) is 4.39 Å². The van der Waals surface area contributed by atoms with Crippen LogP contribution in [0.4, 0.5) is 4.39 Å². The topological polar surface area (TPSA) is 21.3 Å². The summed E-state index contributed by atoms with van der Waals surface area (Å²) in [6, 6.07) is 7.69. The van der Waals surface area contributed by atoms with E-state index in [0.717, 1.165) is 12.0 Å². The summed E-state index contributed by atoms with van der Waals surface area (Å²) < 4.78 is 18.6. The smallest absolute Gasteiger partial charge is 0.165 e. The molecule has 0 saturated heterocycles. The monoisotopic (exact) mass is 293 g/mol. The highest BCUT2D eigenvalue weighted by Gasteiger charge is 2.12. The van der Waals surface area contributed by atoms with Crippen molar-refractivity contribution in [2.75, 3.05) is 7.11 Å². The Morgan fingerprint density at radius 2 is 2.10 bits per heavy atom. The summed E-state index contributed by atoms with van der Waals surface area (Å²) in [6.07, 6.45) is 0.979. The van der Waals surface area contributed by atoms with Crippen LogP contribution in [0.5, 0.6) is 5.75 Å². The van der Waals surface area contributed by atoms with E-state index in [0.29, 0.717) is 6.04 Å². The summed E-state index contributed by atoms with van der Waals surface area (Å²) in [5, 5.41) is 7.75. The van der Waals surface area contributed by atoms with Gasteiger partial charge in [-0.3, -0.25) is 0 Å². The fourth-order valence-electron chi connectivity index (χ4n) is 2.30. The van der Waals surface area contributed by atoms with Crippen LogP contribution in [0.2, 0.25) is 0 Å². The Kier molecular flexibility index (Phi) is 5.15. The molecule has 0 fully saturated rings.